The van der Waals surface area contributed by atoms with Crippen LogP contribution in [0.25, 0.3) is 0 Å². The summed E-state index contributed by atoms with van der Waals surface area (Å²) < 4.78 is 19.5. The Morgan fingerprint density at radius 1 is 1.40 bits per heavy atom. The zero-order valence-electron chi connectivity index (χ0n) is 8.67. The molecule has 82 valence electrons. The molecule has 0 saturated heterocycles. The average Bonchev–Trinajstić information content (AvgIpc) is 2.17. The highest BCUT2D eigenvalue weighted by atomic mass is 127. The molecule has 0 aliphatic rings. The molecule has 0 saturated carbocycles. The summed E-state index contributed by atoms with van der Waals surface area (Å²) in [7, 11) is 2.80. The quantitative estimate of drug-likeness (QED) is 0.486. The van der Waals surface area contributed by atoms with Crippen LogP contribution in [-0.4, -0.2) is 20.2 Å². The molecule has 3 nitrogen and oxygen atoms in total. The maximum absolute atomic E-state index is 13.5. The van der Waals surface area contributed by atoms with Crippen LogP contribution in [0.5, 0.6) is 5.75 Å². The number of rotatable bonds is 3. The van der Waals surface area contributed by atoms with Gasteiger partial charge in [0, 0.05) is 3.57 Å². The Morgan fingerprint density at radius 2 is 2.07 bits per heavy atom. The first-order valence-corrected chi connectivity index (χ1v) is 5.29. The Labute approximate surface area is 101 Å². The summed E-state index contributed by atoms with van der Waals surface area (Å²) in [4.78, 5) is 4.39. The van der Waals surface area contributed by atoms with Gasteiger partial charge in [0.2, 0.25) is 0 Å². The third-order valence-corrected chi connectivity index (χ3v) is 2.46. The first-order chi connectivity index (χ1) is 7.10. The Bertz CT molecular complexity index is 393. The van der Waals surface area contributed by atoms with Gasteiger partial charge in [0.05, 0.1) is 12.7 Å². The van der Waals surface area contributed by atoms with Crippen LogP contribution in [0.1, 0.15) is 11.1 Å². The van der Waals surface area contributed by atoms with E-state index >= 15 is 0 Å². The van der Waals surface area contributed by atoms with Crippen LogP contribution in [0.15, 0.2) is 17.3 Å². The number of halogens is 2. The van der Waals surface area contributed by atoms with Gasteiger partial charge in [-0.15, -0.1) is 0 Å². The van der Waals surface area contributed by atoms with Crippen molar-refractivity contribution in [3.05, 3.63) is 26.8 Å². The van der Waals surface area contributed by atoms with Crippen LogP contribution in [0, 0.1) is 10.5 Å². The number of ether oxygens (including phenoxy) is 1. The molecular weight excluding hydrogens is 312 g/mol. The second kappa shape index (κ2) is 5.29. The highest BCUT2D eigenvalue weighted by molar-refractivity contribution is 14.1. The molecule has 5 heteroatoms. The van der Waals surface area contributed by atoms with Crippen LogP contribution in [0.2, 0.25) is 0 Å². The van der Waals surface area contributed by atoms with Crippen molar-refractivity contribution in [2.45, 2.75) is 6.92 Å². The van der Waals surface area contributed by atoms with Gasteiger partial charge >= 0.3 is 0 Å². The van der Waals surface area contributed by atoms with Crippen molar-refractivity contribution in [1.29, 1.82) is 0 Å². The van der Waals surface area contributed by atoms with Crippen molar-refractivity contribution in [2.75, 3.05) is 14.2 Å². The number of hydrogen-bond acceptors (Lipinski definition) is 3. The van der Waals surface area contributed by atoms with Crippen molar-refractivity contribution in [3.8, 4) is 5.75 Å². The lowest BCUT2D eigenvalue weighted by molar-refractivity contribution is 0.209. The van der Waals surface area contributed by atoms with E-state index in [4.69, 9.17) is 4.74 Å². The standard InChI is InChI=1S/C10H11FINO2/c1-6-4-7(12)5-8(9(6)14-2)10(11)13-15-3/h4-5H,1-3H3. The van der Waals surface area contributed by atoms with Crippen molar-refractivity contribution in [1.82, 2.24) is 0 Å². The van der Waals surface area contributed by atoms with Gasteiger partial charge in [-0.05, 0) is 47.2 Å². The summed E-state index contributed by atoms with van der Waals surface area (Å²) in [6, 6.07) is 3.56. The Morgan fingerprint density at radius 3 is 2.60 bits per heavy atom. The van der Waals surface area contributed by atoms with Crippen LogP contribution in [0.3, 0.4) is 0 Å². The summed E-state index contributed by atoms with van der Waals surface area (Å²) in [6.07, 6.45) is 0. The predicted octanol–water partition coefficient (Wildman–Crippen LogP) is 2.89. The summed E-state index contributed by atoms with van der Waals surface area (Å²) in [5, 5.41) is 3.25. The predicted molar refractivity (Wildman–Crippen MR) is 65.1 cm³/mol. The second-order valence-corrected chi connectivity index (χ2v) is 4.11. The lowest BCUT2D eigenvalue weighted by Gasteiger charge is -2.09. The number of aryl methyl sites for hydroxylation is 1. The third kappa shape index (κ3) is 2.80. The summed E-state index contributed by atoms with van der Waals surface area (Å²) in [5.41, 5.74) is 1.17. The van der Waals surface area contributed by atoms with Gasteiger partial charge in [0.1, 0.15) is 12.9 Å². The second-order valence-electron chi connectivity index (χ2n) is 2.87. The van der Waals surface area contributed by atoms with Crippen molar-refractivity contribution >= 4 is 28.6 Å². The van der Waals surface area contributed by atoms with E-state index in [1.54, 1.807) is 6.07 Å². The SMILES string of the molecule is CON=C(F)c1cc(I)cc(C)c1OC. The lowest BCUT2D eigenvalue weighted by Crippen LogP contribution is -2.01. The van der Waals surface area contributed by atoms with E-state index in [1.165, 1.54) is 14.2 Å². The number of nitrogens with zero attached hydrogens (tertiary/aromatic N) is 1. The van der Waals surface area contributed by atoms with Gasteiger partial charge in [-0.2, -0.15) is 4.39 Å². The third-order valence-electron chi connectivity index (χ3n) is 1.84. The molecule has 0 unspecified atom stereocenters. The first kappa shape index (κ1) is 12.2. The van der Waals surface area contributed by atoms with Gasteiger partial charge in [0.15, 0.2) is 0 Å². The molecule has 15 heavy (non-hydrogen) atoms. The van der Waals surface area contributed by atoms with Gasteiger partial charge < -0.3 is 9.57 Å². The number of hydrogen-bond donors (Lipinski definition) is 0. The van der Waals surface area contributed by atoms with E-state index in [0.717, 1.165) is 9.13 Å². The fourth-order valence-electron chi connectivity index (χ4n) is 1.28. The monoisotopic (exact) mass is 323 g/mol. The van der Waals surface area contributed by atoms with Gasteiger partial charge in [-0.3, -0.25) is 0 Å². The minimum atomic E-state index is -0.684. The van der Waals surface area contributed by atoms with Crippen LogP contribution < -0.4 is 4.74 Å². The molecule has 0 amide bonds. The molecule has 0 aliphatic heterocycles. The summed E-state index contributed by atoms with van der Waals surface area (Å²) in [5.74, 6) is -0.204. The van der Waals surface area contributed by atoms with Crippen LogP contribution in [0.4, 0.5) is 4.39 Å². The normalized spacial score (nSPS) is 11.4. The topological polar surface area (TPSA) is 30.8 Å². The molecule has 0 aromatic heterocycles. The molecular formula is C10H11FINO2. The molecule has 0 N–H and O–H groups in total. The van der Waals surface area contributed by atoms with E-state index in [-0.39, 0.29) is 0 Å². The van der Waals surface area contributed by atoms with Crippen LogP contribution >= 0.6 is 22.6 Å². The zero-order chi connectivity index (χ0) is 11.4. The lowest BCUT2D eigenvalue weighted by atomic mass is 10.1. The zero-order valence-corrected chi connectivity index (χ0v) is 10.8. The highest BCUT2D eigenvalue weighted by Crippen LogP contribution is 2.27. The maximum Gasteiger partial charge on any atom is 0.260 e. The van der Waals surface area contributed by atoms with E-state index < -0.39 is 5.97 Å². The fourth-order valence-corrected chi connectivity index (χ4v) is 2.06. The Hall–Kier alpha value is -0.850. The molecule has 0 heterocycles. The average molecular weight is 323 g/mol. The molecule has 0 atom stereocenters. The minimum Gasteiger partial charge on any atom is -0.496 e. The van der Waals surface area contributed by atoms with Crippen molar-refractivity contribution in [2.24, 2.45) is 5.16 Å². The molecule has 0 bridgehead atoms. The summed E-state index contributed by atoms with van der Waals surface area (Å²) >= 11 is 2.11. The number of oxime groups is 1. The Kier molecular flexibility index (Phi) is 4.31. The minimum absolute atomic E-state index is 0.309. The molecule has 1 aromatic rings. The van der Waals surface area contributed by atoms with E-state index in [1.807, 2.05) is 13.0 Å². The van der Waals surface area contributed by atoms with Gasteiger partial charge in [-0.25, -0.2) is 0 Å². The smallest absolute Gasteiger partial charge is 0.260 e. The first-order valence-electron chi connectivity index (χ1n) is 4.21. The van der Waals surface area contributed by atoms with E-state index in [2.05, 4.69) is 32.6 Å². The van der Waals surface area contributed by atoms with Crippen molar-refractivity contribution < 1.29 is 14.0 Å². The van der Waals surface area contributed by atoms with Crippen LogP contribution in [-0.2, 0) is 4.84 Å². The van der Waals surface area contributed by atoms with Gasteiger partial charge in [0.25, 0.3) is 5.97 Å². The largest absolute Gasteiger partial charge is 0.496 e. The Balaban J connectivity index is 3.32. The molecule has 0 fully saturated rings. The van der Waals surface area contributed by atoms with E-state index in [0.29, 0.717) is 11.3 Å². The fraction of sp³-hybridized carbons (Fsp3) is 0.300. The molecule has 1 aromatic carbocycles. The van der Waals surface area contributed by atoms with Crippen molar-refractivity contribution in [3.63, 3.8) is 0 Å². The molecule has 0 spiro atoms. The number of methoxy groups -OCH3 is 1. The molecule has 0 radical (unpaired) electrons. The summed E-state index contributed by atoms with van der Waals surface area (Å²) in [6.45, 7) is 1.85. The van der Waals surface area contributed by atoms with E-state index in [9.17, 15) is 4.39 Å². The molecule has 0 aliphatic carbocycles. The highest BCUT2D eigenvalue weighted by Gasteiger charge is 2.14. The number of benzene rings is 1. The maximum atomic E-state index is 13.5. The van der Waals surface area contributed by atoms with Gasteiger partial charge in [-0.1, -0.05) is 5.16 Å². The molecule has 1 rings (SSSR count).